The SMILES string of the molecule is CC(N)CC1CC(O)CCO1.CCOC(=O)CCc1ccccc1. The third-order valence-electron chi connectivity index (χ3n) is 3.74. The molecule has 0 bridgehead atoms. The zero-order chi connectivity index (χ0) is 17.8. The van der Waals surface area contributed by atoms with Gasteiger partial charge in [-0.1, -0.05) is 30.3 Å². The molecule has 0 amide bonds. The summed E-state index contributed by atoms with van der Waals surface area (Å²) >= 11 is 0. The molecule has 3 N–H and O–H groups in total. The van der Waals surface area contributed by atoms with Crippen LogP contribution in [-0.2, 0) is 20.7 Å². The summed E-state index contributed by atoms with van der Waals surface area (Å²) in [6.45, 7) is 4.93. The highest BCUT2D eigenvalue weighted by atomic mass is 16.5. The van der Waals surface area contributed by atoms with Gasteiger partial charge in [-0.15, -0.1) is 0 Å². The highest BCUT2D eigenvalue weighted by molar-refractivity contribution is 5.69. The lowest BCUT2D eigenvalue weighted by Crippen LogP contribution is -2.33. The topological polar surface area (TPSA) is 81.8 Å². The molecule has 0 aromatic heterocycles. The second-order valence-electron chi connectivity index (χ2n) is 6.17. The molecule has 1 aliphatic heterocycles. The lowest BCUT2D eigenvalue weighted by molar-refractivity contribution is -0.143. The molecule has 136 valence electrons. The predicted molar refractivity (Wildman–Crippen MR) is 94.6 cm³/mol. The van der Waals surface area contributed by atoms with E-state index in [-0.39, 0.29) is 24.2 Å². The second-order valence-corrected chi connectivity index (χ2v) is 6.17. The van der Waals surface area contributed by atoms with Crippen LogP contribution in [-0.4, -0.2) is 42.5 Å². The van der Waals surface area contributed by atoms with Crippen molar-refractivity contribution in [1.29, 1.82) is 0 Å². The maximum atomic E-state index is 11.0. The van der Waals surface area contributed by atoms with Crippen molar-refractivity contribution in [3.63, 3.8) is 0 Å². The van der Waals surface area contributed by atoms with E-state index < -0.39 is 0 Å². The number of carbonyl (C=O) groups excluding carboxylic acids is 1. The Morgan fingerprint density at radius 2 is 2.12 bits per heavy atom. The van der Waals surface area contributed by atoms with Crippen molar-refractivity contribution in [1.82, 2.24) is 0 Å². The molecule has 0 radical (unpaired) electrons. The molecule has 0 spiro atoms. The fraction of sp³-hybridized carbons (Fsp3) is 0.632. The van der Waals surface area contributed by atoms with Gasteiger partial charge in [0, 0.05) is 19.1 Å². The highest BCUT2D eigenvalue weighted by Gasteiger charge is 2.21. The Bertz CT molecular complexity index is 448. The van der Waals surface area contributed by atoms with Gasteiger partial charge in [-0.2, -0.15) is 0 Å². The third-order valence-corrected chi connectivity index (χ3v) is 3.74. The Morgan fingerprint density at radius 3 is 2.71 bits per heavy atom. The number of aryl methyl sites for hydroxylation is 1. The van der Waals surface area contributed by atoms with E-state index in [1.807, 2.05) is 44.2 Å². The maximum absolute atomic E-state index is 11.0. The number of nitrogens with two attached hydrogens (primary N) is 1. The predicted octanol–water partition coefficient (Wildman–Crippen LogP) is 2.45. The van der Waals surface area contributed by atoms with Gasteiger partial charge in [-0.05, 0) is 45.1 Å². The molecule has 2 rings (SSSR count). The van der Waals surface area contributed by atoms with Crippen molar-refractivity contribution >= 4 is 5.97 Å². The summed E-state index contributed by atoms with van der Waals surface area (Å²) in [5.74, 6) is -0.119. The number of rotatable bonds is 6. The zero-order valence-corrected chi connectivity index (χ0v) is 14.8. The van der Waals surface area contributed by atoms with E-state index in [0.717, 1.165) is 25.7 Å². The third kappa shape index (κ3) is 9.65. The fourth-order valence-corrected chi connectivity index (χ4v) is 2.56. The number of hydrogen-bond donors (Lipinski definition) is 2. The molecular formula is C19H31NO4. The first-order valence-electron chi connectivity index (χ1n) is 8.76. The minimum atomic E-state index is -0.174. The highest BCUT2D eigenvalue weighted by Crippen LogP contribution is 2.16. The van der Waals surface area contributed by atoms with E-state index in [0.29, 0.717) is 19.6 Å². The van der Waals surface area contributed by atoms with Crippen molar-refractivity contribution in [2.45, 2.75) is 64.2 Å². The fourth-order valence-electron chi connectivity index (χ4n) is 2.56. The Morgan fingerprint density at radius 1 is 1.42 bits per heavy atom. The Labute approximate surface area is 145 Å². The lowest BCUT2D eigenvalue weighted by Gasteiger charge is -2.27. The number of aliphatic hydroxyl groups is 1. The molecule has 0 saturated carbocycles. The molecule has 1 aliphatic rings. The number of esters is 1. The molecule has 1 aromatic carbocycles. The monoisotopic (exact) mass is 337 g/mol. The van der Waals surface area contributed by atoms with Crippen molar-refractivity contribution < 1.29 is 19.4 Å². The van der Waals surface area contributed by atoms with Crippen LogP contribution in [0.4, 0.5) is 0 Å². The van der Waals surface area contributed by atoms with E-state index in [4.69, 9.17) is 15.2 Å². The molecule has 5 heteroatoms. The normalized spacial score (nSPS) is 21.3. The summed E-state index contributed by atoms with van der Waals surface area (Å²) in [4.78, 5) is 11.0. The van der Waals surface area contributed by atoms with Gasteiger partial charge in [0.1, 0.15) is 0 Å². The average molecular weight is 337 g/mol. The van der Waals surface area contributed by atoms with Crippen LogP contribution in [0.3, 0.4) is 0 Å². The van der Waals surface area contributed by atoms with Gasteiger partial charge < -0.3 is 20.3 Å². The maximum Gasteiger partial charge on any atom is 0.306 e. The molecule has 1 fully saturated rings. The molecule has 1 heterocycles. The molecule has 0 aliphatic carbocycles. The standard InChI is InChI=1S/C11H14O2.C8H17NO2/c1-2-13-11(12)9-8-10-6-4-3-5-7-10;1-6(9)4-8-5-7(10)2-3-11-8/h3-7H,2,8-9H2,1H3;6-8,10H,2-5,9H2,1H3. The van der Waals surface area contributed by atoms with Crippen molar-refractivity contribution in [3.05, 3.63) is 35.9 Å². The van der Waals surface area contributed by atoms with Gasteiger partial charge in [-0.25, -0.2) is 0 Å². The van der Waals surface area contributed by atoms with Crippen molar-refractivity contribution in [2.75, 3.05) is 13.2 Å². The van der Waals surface area contributed by atoms with E-state index >= 15 is 0 Å². The first-order chi connectivity index (χ1) is 11.5. The lowest BCUT2D eigenvalue weighted by atomic mass is 10.0. The van der Waals surface area contributed by atoms with Crippen molar-refractivity contribution in [2.24, 2.45) is 5.73 Å². The van der Waals surface area contributed by atoms with Gasteiger partial charge >= 0.3 is 5.97 Å². The molecule has 3 unspecified atom stereocenters. The summed E-state index contributed by atoms with van der Waals surface area (Å²) in [6, 6.07) is 10.1. The van der Waals surface area contributed by atoms with E-state index in [1.54, 1.807) is 0 Å². The largest absolute Gasteiger partial charge is 0.466 e. The summed E-state index contributed by atoms with van der Waals surface area (Å²) in [7, 11) is 0. The van der Waals surface area contributed by atoms with Crippen LogP contribution in [0, 0.1) is 0 Å². The number of benzene rings is 1. The number of ether oxygens (including phenoxy) is 2. The Kier molecular flexibility index (Phi) is 10.3. The van der Waals surface area contributed by atoms with Gasteiger partial charge in [0.05, 0.1) is 18.8 Å². The van der Waals surface area contributed by atoms with E-state index in [9.17, 15) is 9.90 Å². The minimum Gasteiger partial charge on any atom is -0.466 e. The molecule has 3 atom stereocenters. The number of aliphatic hydroxyl groups excluding tert-OH is 1. The van der Waals surface area contributed by atoms with Crippen LogP contribution < -0.4 is 5.73 Å². The van der Waals surface area contributed by atoms with Crippen LogP contribution in [0.25, 0.3) is 0 Å². The summed E-state index contributed by atoms with van der Waals surface area (Å²) < 4.78 is 10.2. The summed E-state index contributed by atoms with van der Waals surface area (Å²) in [5, 5.41) is 9.27. The quantitative estimate of drug-likeness (QED) is 0.779. The average Bonchev–Trinajstić information content (AvgIpc) is 2.54. The Balaban J connectivity index is 0.000000243. The van der Waals surface area contributed by atoms with E-state index in [2.05, 4.69) is 0 Å². The number of carbonyl (C=O) groups is 1. The van der Waals surface area contributed by atoms with Gasteiger partial charge in [0.15, 0.2) is 0 Å². The molecule has 24 heavy (non-hydrogen) atoms. The zero-order valence-electron chi connectivity index (χ0n) is 14.8. The first-order valence-corrected chi connectivity index (χ1v) is 8.76. The van der Waals surface area contributed by atoms with Gasteiger partial charge in [-0.3, -0.25) is 4.79 Å². The van der Waals surface area contributed by atoms with Crippen molar-refractivity contribution in [3.8, 4) is 0 Å². The van der Waals surface area contributed by atoms with Gasteiger partial charge in [0.25, 0.3) is 0 Å². The van der Waals surface area contributed by atoms with Crippen LogP contribution in [0.1, 0.15) is 45.1 Å². The second kappa shape index (κ2) is 12.0. The molecular weight excluding hydrogens is 306 g/mol. The minimum absolute atomic E-state index is 0.119. The van der Waals surface area contributed by atoms with Crippen LogP contribution in [0.15, 0.2) is 30.3 Å². The Hall–Kier alpha value is -1.43. The first kappa shape index (κ1) is 20.6. The molecule has 5 nitrogen and oxygen atoms in total. The van der Waals surface area contributed by atoms with Crippen LogP contribution in [0.5, 0.6) is 0 Å². The van der Waals surface area contributed by atoms with Crippen LogP contribution >= 0.6 is 0 Å². The smallest absolute Gasteiger partial charge is 0.306 e. The molecule has 1 saturated heterocycles. The number of hydrogen-bond acceptors (Lipinski definition) is 5. The summed E-state index contributed by atoms with van der Waals surface area (Å²) in [6.07, 6.45) is 3.62. The summed E-state index contributed by atoms with van der Waals surface area (Å²) in [5.41, 5.74) is 6.78. The molecule has 1 aromatic rings. The van der Waals surface area contributed by atoms with Gasteiger partial charge in [0.2, 0.25) is 0 Å². The van der Waals surface area contributed by atoms with E-state index in [1.165, 1.54) is 5.56 Å². The van der Waals surface area contributed by atoms with Crippen LogP contribution in [0.2, 0.25) is 0 Å².